The number of fused-ring (bicyclic) bond motifs is 5. The Morgan fingerprint density at radius 2 is 1.94 bits per heavy atom. The number of para-hydroxylation sites is 1. The summed E-state index contributed by atoms with van der Waals surface area (Å²) in [7, 11) is 0. The standard InChI is InChI=1S/C25H25N3O6/c1-3-14-5-4-6-15-21(14)26-24(32)25(15)19-18(20(27-25)12(2)29)22(30)28(23(19)31)10-13-7-8-16-17(9-13)34-11-33-16/h4-9,12,18-20,27,29H,3,10-11H2,1-2H3,(H,26,32)/t12-,18+,19+,20-,25+/m1/s1. The summed E-state index contributed by atoms with van der Waals surface area (Å²) in [5.41, 5.74) is 1.59. The molecule has 5 atom stereocenters. The van der Waals surface area contributed by atoms with Gasteiger partial charge in [-0.2, -0.15) is 0 Å². The lowest BCUT2D eigenvalue weighted by molar-refractivity contribution is -0.143. The van der Waals surface area contributed by atoms with E-state index in [1.807, 2.05) is 25.1 Å². The zero-order valence-electron chi connectivity index (χ0n) is 18.8. The first kappa shape index (κ1) is 21.1. The number of likely N-dealkylation sites (tertiary alicyclic amines) is 1. The van der Waals surface area contributed by atoms with E-state index in [4.69, 9.17) is 9.47 Å². The van der Waals surface area contributed by atoms with E-state index in [9.17, 15) is 19.5 Å². The molecule has 9 heteroatoms. The second kappa shape index (κ2) is 7.28. The minimum absolute atomic E-state index is 0.0490. The predicted octanol–water partition coefficient (Wildman–Crippen LogP) is 1.28. The molecule has 0 radical (unpaired) electrons. The van der Waals surface area contributed by atoms with Crippen LogP contribution in [0.25, 0.3) is 0 Å². The Morgan fingerprint density at radius 3 is 2.71 bits per heavy atom. The van der Waals surface area contributed by atoms with Crippen LogP contribution in [0.1, 0.15) is 30.5 Å². The van der Waals surface area contributed by atoms with Gasteiger partial charge in [-0.3, -0.25) is 24.6 Å². The number of rotatable bonds is 4. The lowest BCUT2D eigenvalue weighted by Crippen LogP contribution is -2.54. The summed E-state index contributed by atoms with van der Waals surface area (Å²) < 4.78 is 10.8. The number of benzene rings is 2. The third kappa shape index (κ3) is 2.65. The third-order valence-electron chi connectivity index (χ3n) is 7.54. The average molecular weight is 463 g/mol. The lowest BCUT2D eigenvalue weighted by Gasteiger charge is -2.30. The summed E-state index contributed by atoms with van der Waals surface area (Å²) in [5.74, 6) is -1.82. The van der Waals surface area contributed by atoms with Crippen molar-refractivity contribution in [3.8, 4) is 11.5 Å². The van der Waals surface area contributed by atoms with Gasteiger partial charge in [0.2, 0.25) is 24.5 Å². The first-order valence-corrected chi connectivity index (χ1v) is 11.5. The van der Waals surface area contributed by atoms with Gasteiger partial charge in [0.15, 0.2) is 11.5 Å². The number of aliphatic hydroxyl groups is 1. The second-order valence-electron chi connectivity index (χ2n) is 9.32. The number of nitrogens with zero attached hydrogens (tertiary/aromatic N) is 1. The third-order valence-corrected chi connectivity index (χ3v) is 7.54. The van der Waals surface area contributed by atoms with Crippen molar-refractivity contribution in [3.05, 3.63) is 53.1 Å². The first-order valence-electron chi connectivity index (χ1n) is 11.5. The van der Waals surface area contributed by atoms with Crippen LogP contribution < -0.4 is 20.1 Å². The highest BCUT2D eigenvalue weighted by molar-refractivity contribution is 6.15. The molecule has 1 spiro atoms. The van der Waals surface area contributed by atoms with E-state index in [2.05, 4.69) is 10.6 Å². The maximum Gasteiger partial charge on any atom is 0.250 e. The summed E-state index contributed by atoms with van der Waals surface area (Å²) >= 11 is 0. The highest BCUT2D eigenvalue weighted by atomic mass is 16.7. The van der Waals surface area contributed by atoms with Gasteiger partial charge in [-0.15, -0.1) is 0 Å². The molecule has 0 unspecified atom stereocenters. The monoisotopic (exact) mass is 463 g/mol. The molecule has 2 aromatic rings. The number of carbonyl (C=O) groups is 3. The van der Waals surface area contributed by atoms with Crippen molar-refractivity contribution in [3.63, 3.8) is 0 Å². The normalized spacial score (nSPS) is 29.6. The number of aryl methyl sites for hydroxylation is 1. The smallest absolute Gasteiger partial charge is 0.250 e. The first-order chi connectivity index (χ1) is 16.4. The Morgan fingerprint density at radius 1 is 1.15 bits per heavy atom. The lowest BCUT2D eigenvalue weighted by atomic mass is 9.76. The van der Waals surface area contributed by atoms with Gasteiger partial charge in [-0.05, 0) is 36.6 Å². The largest absolute Gasteiger partial charge is 0.454 e. The SMILES string of the molecule is CCc1cccc2c1NC(=O)[C@]21N[C@H]([C@@H](C)O)[C@H]2C(=O)N(Cc3ccc4c(c3)OCO4)C(=O)[C@H]21. The molecule has 2 saturated heterocycles. The molecule has 9 nitrogen and oxygen atoms in total. The maximum atomic E-state index is 13.8. The molecule has 2 aromatic carbocycles. The van der Waals surface area contributed by atoms with Crippen molar-refractivity contribution in [1.29, 1.82) is 0 Å². The van der Waals surface area contributed by atoms with E-state index in [1.165, 1.54) is 4.90 Å². The molecule has 2 fully saturated rings. The molecule has 6 rings (SSSR count). The van der Waals surface area contributed by atoms with Gasteiger partial charge in [0.25, 0.3) is 0 Å². The van der Waals surface area contributed by atoms with Gasteiger partial charge < -0.3 is 19.9 Å². The van der Waals surface area contributed by atoms with Crippen molar-refractivity contribution < 1.29 is 29.0 Å². The highest BCUT2D eigenvalue weighted by Crippen LogP contribution is 2.54. The van der Waals surface area contributed by atoms with Gasteiger partial charge in [0.05, 0.1) is 24.5 Å². The Balaban J connectivity index is 1.43. The molecule has 34 heavy (non-hydrogen) atoms. The fourth-order valence-corrected chi connectivity index (χ4v) is 5.97. The highest BCUT2D eigenvalue weighted by Gasteiger charge is 2.71. The maximum absolute atomic E-state index is 13.8. The van der Waals surface area contributed by atoms with Crippen LogP contribution in [-0.4, -0.2) is 46.7 Å². The Bertz CT molecular complexity index is 1240. The molecule has 0 bridgehead atoms. The average Bonchev–Trinajstić information content (AvgIpc) is 3.55. The predicted molar refractivity (Wildman–Crippen MR) is 120 cm³/mol. The number of hydrogen-bond donors (Lipinski definition) is 3. The van der Waals surface area contributed by atoms with Crippen LogP contribution in [0.4, 0.5) is 5.69 Å². The van der Waals surface area contributed by atoms with Crippen LogP contribution in [0, 0.1) is 11.8 Å². The number of hydrogen-bond acceptors (Lipinski definition) is 7. The van der Waals surface area contributed by atoms with E-state index in [1.54, 1.807) is 25.1 Å². The van der Waals surface area contributed by atoms with Crippen LogP contribution in [0.15, 0.2) is 36.4 Å². The molecule has 0 aliphatic carbocycles. The number of aliphatic hydroxyl groups excluding tert-OH is 1. The van der Waals surface area contributed by atoms with Crippen molar-refractivity contribution in [2.24, 2.45) is 11.8 Å². The van der Waals surface area contributed by atoms with Crippen LogP contribution in [-0.2, 0) is 32.9 Å². The molecule has 3 N–H and O–H groups in total. The Labute approximate surface area is 196 Å². The van der Waals surface area contributed by atoms with Gasteiger partial charge in [0, 0.05) is 17.3 Å². The molecule has 4 heterocycles. The Kier molecular flexibility index (Phi) is 4.53. The number of carbonyl (C=O) groups excluding carboxylic acids is 3. The Hall–Kier alpha value is -3.43. The van der Waals surface area contributed by atoms with E-state index in [0.717, 1.165) is 5.56 Å². The fourth-order valence-electron chi connectivity index (χ4n) is 5.97. The number of anilines is 1. The molecule has 4 aliphatic rings. The number of amides is 3. The molecular formula is C25H25N3O6. The van der Waals surface area contributed by atoms with E-state index < -0.39 is 41.3 Å². The van der Waals surface area contributed by atoms with Crippen LogP contribution >= 0.6 is 0 Å². The van der Waals surface area contributed by atoms with Crippen LogP contribution in [0.2, 0.25) is 0 Å². The van der Waals surface area contributed by atoms with Crippen molar-refractivity contribution in [2.75, 3.05) is 12.1 Å². The molecule has 3 amide bonds. The van der Waals surface area contributed by atoms with Gasteiger partial charge in [-0.1, -0.05) is 31.2 Å². The molecule has 0 aromatic heterocycles. The summed E-state index contributed by atoms with van der Waals surface area (Å²) in [4.78, 5) is 42.1. The fraction of sp³-hybridized carbons (Fsp3) is 0.400. The summed E-state index contributed by atoms with van der Waals surface area (Å²) in [6, 6.07) is 10.2. The van der Waals surface area contributed by atoms with Crippen LogP contribution in [0.5, 0.6) is 11.5 Å². The molecule has 0 saturated carbocycles. The van der Waals surface area contributed by atoms with E-state index in [-0.39, 0.29) is 19.2 Å². The van der Waals surface area contributed by atoms with Gasteiger partial charge in [-0.25, -0.2) is 0 Å². The molecule has 176 valence electrons. The van der Waals surface area contributed by atoms with Crippen molar-refractivity contribution in [2.45, 2.75) is 44.5 Å². The number of imide groups is 1. The van der Waals surface area contributed by atoms with Crippen LogP contribution in [0.3, 0.4) is 0 Å². The summed E-state index contributed by atoms with van der Waals surface area (Å²) in [5, 5.41) is 16.7. The van der Waals surface area contributed by atoms with Gasteiger partial charge >= 0.3 is 0 Å². The molecule has 4 aliphatic heterocycles. The quantitative estimate of drug-likeness (QED) is 0.585. The van der Waals surface area contributed by atoms with E-state index >= 15 is 0 Å². The minimum atomic E-state index is -1.41. The summed E-state index contributed by atoms with van der Waals surface area (Å²) in [6.07, 6.45) is -0.239. The minimum Gasteiger partial charge on any atom is -0.454 e. The zero-order chi connectivity index (χ0) is 23.8. The second-order valence-corrected chi connectivity index (χ2v) is 9.32. The number of nitrogens with one attached hydrogen (secondary N) is 2. The zero-order valence-corrected chi connectivity index (χ0v) is 18.8. The van der Waals surface area contributed by atoms with Crippen molar-refractivity contribution in [1.82, 2.24) is 10.2 Å². The van der Waals surface area contributed by atoms with E-state index in [0.29, 0.717) is 34.7 Å². The summed E-state index contributed by atoms with van der Waals surface area (Å²) in [6.45, 7) is 3.74. The molecular weight excluding hydrogens is 438 g/mol. The van der Waals surface area contributed by atoms with Gasteiger partial charge in [0.1, 0.15) is 5.54 Å². The topological polar surface area (TPSA) is 117 Å². The van der Waals surface area contributed by atoms with Crippen molar-refractivity contribution >= 4 is 23.4 Å². The number of ether oxygens (including phenoxy) is 2.